The SMILES string of the molecule is C[C@@H](CN(CCCO[Si](C)(C)C(C)(C)C)C(=O)OC(C)(C)C)NS(=O)(=O)c1cccc2cncc(Cl)c12. The number of rotatable bonds is 10. The molecule has 11 heteroatoms. The number of fused-ring (bicyclic) bond motifs is 1. The van der Waals surface area contributed by atoms with E-state index < -0.39 is 36.1 Å². The first kappa shape index (κ1) is 31.5. The lowest BCUT2D eigenvalue weighted by atomic mass is 10.2. The topological polar surface area (TPSA) is 97.8 Å². The average molecular weight is 572 g/mol. The predicted octanol–water partition coefficient (Wildman–Crippen LogP) is 6.20. The molecular weight excluding hydrogens is 530 g/mol. The van der Waals surface area contributed by atoms with Crippen molar-refractivity contribution in [1.82, 2.24) is 14.6 Å². The summed E-state index contributed by atoms with van der Waals surface area (Å²) < 4.78 is 41.2. The van der Waals surface area contributed by atoms with Crippen molar-refractivity contribution >= 4 is 46.8 Å². The number of ether oxygens (including phenoxy) is 1. The van der Waals surface area contributed by atoms with Crippen molar-refractivity contribution in [2.45, 2.75) is 89.6 Å². The average Bonchev–Trinajstić information content (AvgIpc) is 2.73. The minimum absolute atomic E-state index is 0.0656. The number of carbonyl (C=O) groups excluding carboxylic acids is 1. The molecule has 0 aliphatic heterocycles. The van der Waals surface area contributed by atoms with Gasteiger partial charge in [-0.05, 0) is 58.3 Å². The summed E-state index contributed by atoms with van der Waals surface area (Å²) >= 11 is 6.29. The molecule has 1 heterocycles. The number of nitrogens with one attached hydrogen (secondary N) is 1. The fourth-order valence-corrected chi connectivity index (χ4v) is 6.36. The van der Waals surface area contributed by atoms with Gasteiger partial charge in [0.15, 0.2) is 8.32 Å². The van der Waals surface area contributed by atoms with E-state index in [9.17, 15) is 13.2 Å². The van der Waals surface area contributed by atoms with Crippen LogP contribution in [0.1, 0.15) is 54.9 Å². The maximum Gasteiger partial charge on any atom is 0.410 e. The molecule has 37 heavy (non-hydrogen) atoms. The molecule has 8 nitrogen and oxygen atoms in total. The molecule has 0 saturated heterocycles. The summed E-state index contributed by atoms with van der Waals surface area (Å²) in [5.74, 6) is 0. The van der Waals surface area contributed by atoms with Crippen LogP contribution in [-0.4, -0.2) is 64.1 Å². The van der Waals surface area contributed by atoms with Gasteiger partial charge >= 0.3 is 6.09 Å². The molecule has 2 rings (SSSR count). The number of pyridine rings is 1. The number of hydrogen-bond acceptors (Lipinski definition) is 6. The molecular formula is C26H42ClN3O5SSi. The van der Waals surface area contributed by atoms with Crippen LogP contribution in [0.2, 0.25) is 23.2 Å². The first-order valence-corrected chi connectivity index (χ1v) is 17.3. The van der Waals surface area contributed by atoms with Crippen LogP contribution in [0.15, 0.2) is 35.5 Å². The summed E-state index contributed by atoms with van der Waals surface area (Å²) in [6.07, 6.45) is 3.10. The molecule has 0 unspecified atom stereocenters. The Balaban J connectivity index is 2.16. The molecule has 0 aliphatic carbocycles. The van der Waals surface area contributed by atoms with Gasteiger partial charge in [-0.15, -0.1) is 0 Å². The second kappa shape index (κ2) is 12.0. The molecule has 0 bridgehead atoms. The van der Waals surface area contributed by atoms with Crippen LogP contribution in [-0.2, 0) is 19.2 Å². The van der Waals surface area contributed by atoms with Gasteiger partial charge in [0.1, 0.15) is 5.60 Å². The number of hydrogen-bond donors (Lipinski definition) is 1. The van der Waals surface area contributed by atoms with E-state index in [1.54, 1.807) is 46.0 Å². The number of amides is 1. The smallest absolute Gasteiger partial charge is 0.410 e. The summed E-state index contributed by atoms with van der Waals surface area (Å²) in [6, 6.07) is 4.32. The van der Waals surface area contributed by atoms with E-state index in [4.69, 9.17) is 20.8 Å². The third-order valence-corrected chi connectivity index (χ3v) is 12.8. The van der Waals surface area contributed by atoms with Crippen LogP contribution >= 0.6 is 11.6 Å². The van der Waals surface area contributed by atoms with Crippen LogP contribution in [0.5, 0.6) is 0 Å². The van der Waals surface area contributed by atoms with E-state index in [0.29, 0.717) is 30.3 Å². The van der Waals surface area contributed by atoms with Crippen molar-refractivity contribution in [2.75, 3.05) is 19.7 Å². The lowest BCUT2D eigenvalue weighted by Crippen LogP contribution is -2.46. The molecule has 2 aromatic rings. The Bertz CT molecular complexity index is 1190. The van der Waals surface area contributed by atoms with Crippen molar-refractivity contribution in [3.8, 4) is 0 Å². The largest absolute Gasteiger partial charge is 0.444 e. The fourth-order valence-electron chi connectivity index (χ4n) is 3.46. The molecule has 0 spiro atoms. The van der Waals surface area contributed by atoms with Crippen LogP contribution < -0.4 is 4.72 Å². The maximum absolute atomic E-state index is 13.3. The molecule has 0 radical (unpaired) electrons. The molecule has 0 fully saturated rings. The van der Waals surface area contributed by atoms with Crippen molar-refractivity contribution in [3.63, 3.8) is 0 Å². The minimum Gasteiger partial charge on any atom is -0.444 e. The number of aromatic nitrogens is 1. The quantitative estimate of drug-likeness (QED) is 0.269. The van der Waals surface area contributed by atoms with Crippen molar-refractivity contribution < 1.29 is 22.4 Å². The Labute approximate surface area is 228 Å². The highest BCUT2D eigenvalue weighted by Crippen LogP contribution is 2.36. The normalized spacial score (nSPS) is 14.0. The van der Waals surface area contributed by atoms with Gasteiger partial charge in [0.05, 0.1) is 9.92 Å². The Kier molecular flexibility index (Phi) is 10.2. The lowest BCUT2D eigenvalue weighted by Gasteiger charge is -2.36. The third-order valence-electron chi connectivity index (χ3n) is 6.33. The Hall–Kier alpha value is -1.72. The maximum atomic E-state index is 13.3. The van der Waals surface area contributed by atoms with Crippen LogP contribution in [0.3, 0.4) is 0 Å². The molecule has 1 amide bonds. The molecule has 1 N–H and O–H groups in total. The summed E-state index contributed by atoms with van der Waals surface area (Å²) in [4.78, 5) is 18.6. The second-order valence-corrected chi connectivity index (χ2v) is 18.8. The highest BCUT2D eigenvalue weighted by Gasteiger charge is 2.37. The van der Waals surface area contributed by atoms with E-state index >= 15 is 0 Å². The second-order valence-electron chi connectivity index (χ2n) is 11.9. The van der Waals surface area contributed by atoms with E-state index in [1.807, 2.05) is 0 Å². The van der Waals surface area contributed by atoms with Gasteiger partial charge in [0.25, 0.3) is 0 Å². The molecule has 0 saturated carbocycles. The van der Waals surface area contributed by atoms with Gasteiger partial charge in [-0.2, -0.15) is 0 Å². The third kappa shape index (κ3) is 8.92. The number of halogens is 1. The zero-order valence-corrected chi connectivity index (χ0v) is 26.1. The standard InChI is InChI=1S/C26H42ClN3O5SSi/c1-19(29-36(32,33)22-13-10-12-20-16-28-17-21(27)23(20)22)18-30(24(31)35-25(2,3)4)14-11-15-34-37(8,9)26(5,6)7/h10,12-13,16-17,19,29H,11,14-15,18H2,1-9H3/t19-/m0/s1. The van der Waals surface area contributed by atoms with E-state index in [1.165, 1.54) is 17.2 Å². The minimum atomic E-state index is -3.94. The number of carbonyl (C=O) groups is 1. The van der Waals surface area contributed by atoms with E-state index in [0.717, 1.165) is 0 Å². The van der Waals surface area contributed by atoms with Gasteiger partial charge in [-0.1, -0.05) is 44.5 Å². The predicted molar refractivity (Wildman–Crippen MR) is 152 cm³/mol. The Morgan fingerprint density at radius 3 is 2.41 bits per heavy atom. The van der Waals surface area contributed by atoms with E-state index in [2.05, 4.69) is 43.6 Å². The fraction of sp³-hybridized carbons (Fsp3) is 0.615. The van der Waals surface area contributed by atoms with Crippen LogP contribution in [0.4, 0.5) is 4.79 Å². The van der Waals surface area contributed by atoms with Crippen molar-refractivity contribution in [1.29, 1.82) is 0 Å². The van der Waals surface area contributed by atoms with Crippen molar-refractivity contribution in [3.05, 3.63) is 35.6 Å². The molecule has 1 aromatic heterocycles. The van der Waals surface area contributed by atoms with Crippen molar-refractivity contribution in [2.24, 2.45) is 0 Å². The van der Waals surface area contributed by atoms with Gasteiger partial charge in [0.2, 0.25) is 10.0 Å². The first-order valence-electron chi connectivity index (χ1n) is 12.5. The summed E-state index contributed by atoms with van der Waals surface area (Å²) in [5.41, 5.74) is -0.677. The monoisotopic (exact) mass is 571 g/mol. The van der Waals surface area contributed by atoms with Gasteiger partial charge in [-0.25, -0.2) is 17.9 Å². The lowest BCUT2D eigenvalue weighted by molar-refractivity contribution is 0.0230. The first-order chi connectivity index (χ1) is 16.8. The van der Waals surface area contributed by atoms with E-state index in [-0.39, 0.29) is 21.5 Å². The van der Waals surface area contributed by atoms with Gasteiger partial charge in [-0.3, -0.25) is 4.98 Å². The molecule has 1 atom stereocenters. The zero-order chi connectivity index (χ0) is 28.2. The Morgan fingerprint density at radius 2 is 1.81 bits per heavy atom. The highest BCUT2D eigenvalue weighted by atomic mass is 35.5. The number of benzene rings is 1. The number of sulfonamides is 1. The molecule has 1 aromatic carbocycles. The molecule has 208 valence electrons. The zero-order valence-electron chi connectivity index (χ0n) is 23.5. The summed E-state index contributed by atoms with van der Waals surface area (Å²) in [5, 5.41) is 1.37. The van der Waals surface area contributed by atoms with Crippen LogP contribution in [0.25, 0.3) is 10.8 Å². The summed E-state index contributed by atoms with van der Waals surface area (Å²) in [6.45, 7) is 19.1. The number of nitrogens with zero attached hydrogens (tertiary/aromatic N) is 2. The summed E-state index contributed by atoms with van der Waals surface area (Å²) in [7, 11) is -5.85. The van der Waals surface area contributed by atoms with Gasteiger partial charge in [0, 0.05) is 48.9 Å². The Morgan fingerprint density at radius 1 is 1.16 bits per heavy atom. The highest BCUT2D eigenvalue weighted by molar-refractivity contribution is 7.89. The molecule has 0 aliphatic rings. The van der Waals surface area contributed by atoms with Gasteiger partial charge < -0.3 is 14.1 Å². The van der Waals surface area contributed by atoms with Crippen LogP contribution in [0, 0.1) is 0 Å².